The highest BCUT2D eigenvalue weighted by Gasteiger charge is 2.30. The summed E-state index contributed by atoms with van der Waals surface area (Å²) in [5, 5.41) is 20.8. The average molecular weight is 588 g/mol. The Bertz CT molecular complexity index is 1140. The molecule has 0 aliphatic carbocycles. The number of nitro benzene ring substituents is 1. The van der Waals surface area contributed by atoms with E-state index in [0.29, 0.717) is 5.33 Å². The predicted molar refractivity (Wildman–Crippen MR) is 127 cm³/mol. The molecule has 0 unspecified atom stereocenters. The number of carbonyl (C=O) groups excluding carboxylic acids is 1. The number of nitrogens with zero attached hydrogens (tertiary/aromatic N) is 3. The molecule has 1 rings (SSSR count). The van der Waals surface area contributed by atoms with E-state index in [-0.39, 0.29) is 44.8 Å². The van der Waals surface area contributed by atoms with Gasteiger partial charge in [-0.15, -0.1) is 0 Å². The molecule has 0 aliphatic heterocycles. The van der Waals surface area contributed by atoms with Crippen LogP contribution in [0.25, 0.3) is 0 Å². The maximum Gasteiger partial charge on any atom is 0.303 e. The smallest absolute Gasteiger partial charge is 0.303 e. The van der Waals surface area contributed by atoms with Crippen molar-refractivity contribution in [1.29, 1.82) is 0 Å². The van der Waals surface area contributed by atoms with Crippen LogP contribution in [0.2, 0.25) is 0 Å². The van der Waals surface area contributed by atoms with Crippen molar-refractivity contribution < 1.29 is 40.6 Å². The normalized spacial score (nSPS) is 11.8. The van der Waals surface area contributed by atoms with Crippen LogP contribution in [0.15, 0.2) is 17.0 Å². The lowest BCUT2D eigenvalue weighted by Crippen LogP contribution is -2.33. The first-order valence-corrected chi connectivity index (χ1v) is 14.6. The molecule has 0 saturated carbocycles. The summed E-state index contributed by atoms with van der Waals surface area (Å²) in [5.74, 6) is -1.86. The zero-order valence-corrected chi connectivity index (χ0v) is 22.0. The Labute approximate surface area is 206 Å². The zero-order valence-electron chi connectivity index (χ0n) is 18.8. The van der Waals surface area contributed by atoms with Gasteiger partial charge in [0.25, 0.3) is 21.7 Å². The largest absolute Gasteiger partial charge is 0.481 e. The van der Waals surface area contributed by atoms with Gasteiger partial charge in [0.2, 0.25) is 0 Å². The third kappa shape index (κ3) is 9.15. The fourth-order valence-electron chi connectivity index (χ4n) is 2.95. The monoisotopic (exact) mass is 587 g/mol. The number of benzene rings is 1. The summed E-state index contributed by atoms with van der Waals surface area (Å²) in [6.07, 6.45) is 1.61. The van der Waals surface area contributed by atoms with Crippen LogP contribution in [0.3, 0.4) is 0 Å². The second-order valence-electron chi connectivity index (χ2n) is 7.29. The minimum atomic E-state index is -4.00. The van der Waals surface area contributed by atoms with Crippen LogP contribution < -0.4 is 4.90 Å². The number of nitro groups is 1. The summed E-state index contributed by atoms with van der Waals surface area (Å²) in [6, 6.07) is 1.87. The van der Waals surface area contributed by atoms with E-state index in [9.17, 15) is 36.5 Å². The van der Waals surface area contributed by atoms with Crippen molar-refractivity contribution in [2.75, 3.05) is 56.0 Å². The topological polar surface area (TPSA) is 181 Å². The summed E-state index contributed by atoms with van der Waals surface area (Å²) < 4.78 is 52.2. The number of amides is 1. The Balaban J connectivity index is 3.57. The van der Waals surface area contributed by atoms with Crippen molar-refractivity contribution in [3.8, 4) is 0 Å². The number of hydrogen-bond acceptors (Lipinski definition) is 10. The first kappa shape index (κ1) is 29.7. The van der Waals surface area contributed by atoms with E-state index in [1.807, 2.05) is 0 Å². The molecule has 0 radical (unpaired) electrons. The quantitative estimate of drug-likeness (QED) is 0.142. The summed E-state index contributed by atoms with van der Waals surface area (Å²) >= 11 is 3.22. The van der Waals surface area contributed by atoms with Gasteiger partial charge in [0.1, 0.15) is 5.56 Å². The highest BCUT2D eigenvalue weighted by atomic mass is 79.9. The van der Waals surface area contributed by atoms with Crippen LogP contribution in [0.4, 0.5) is 11.4 Å². The second kappa shape index (κ2) is 12.4. The van der Waals surface area contributed by atoms with Gasteiger partial charge in [0, 0.05) is 50.8 Å². The van der Waals surface area contributed by atoms with Gasteiger partial charge in [0.15, 0.2) is 9.84 Å². The van der Waals surface area contributed by atoms with Gasteiger partial charge in [0.05, 0.1) is 28.4 Å². The van der Waals surface area contributed by atoms with Gasteiger partial charge in [-0.3, -0.25) is 23.9 Å². The van der Waals surface area contributed by atoms with Gasteiger partial charge in [-0.25, -0.2) is 8.42 Å². The van der Waals surface area contributed by atoms with Gasteiger partial charge in [-0.2, -0.15) is 8.42 Å². The third-order valence-corrected chi connectivity index (χ3v) is 6.56. The maximum atomic E-state index is 13.0. The van der Waals surface area contributed by atoms with E-state index in [1.54, 1.807) is 0 Å². The first-order chi connectivity index (χ1) is 15.6. The minimum absolute atomic E-state index is 0.00123. The number of carbonyl (C=O) groups is 2. The summed E-state index contributed by atoms with van der Waals surface area (Å²) in [5.41, 5.74) is -1.16. The Kier molecular flexibility index (Phi) is 10.9. The van der Waals surface area contributed by atoms with Crippen LogP contribution >= 0.6 is 15.9 Å². The van der Waals surface area contributed by atoms with Gasteiger partial charge >= 0.3 is 5.97 Å². The SMILES string of the molecule is CN(CCCC(=O)O)C(=O)c1cc(N(CCBr)CCOS(C)(=O)=O)c(S(C)(=O)=O)cc1[N+](=O)[O-]. The molecular formula is C18H26BrN3O10S2. The number of halogens is 1. The highest BCUT2D eigenvalue weighted by Crippen LogP contribution is 2.34. The van der Waals surface area contributed by atoms with Crippen molar-refractivity contribution in [2.24, 2.45) is 0 Å². The average Bonchev–Trinajstić information content (AvgIpc) is 2.69. The standard InChI is InChI=1S/C18H26BrN3O10S2/c1-20(7-4-5-17(23)24)18(25)13-11-15(16(33(2,28)29)12-14(13)22(26)27)21(8-6-19)9-10-32-34(3,30)31/h11-12H,4-10H2,1-3H3,(H,23,24). The molecular weight excluding hydrogens is 562 g/mol. The van der Waals surface area contributed by atoms with Crippen molar-refractivity contribution in [1.82, 2.24) is 4.90 Å². The van der Waals surface area contributed by atoms with Crippen molar-refractivity contribution >= 4 is 59.1 Å². The Morgan fingerprint density at radius 1 is 1.15 bits per heavy atom. The molecule has 0 aromatic heterocycles. The van der Waals surface area contributed by atoms with E-state index >= 15 is 0 Å². The lowest BCUT2D eigenvalue weighted by molar-refractivity contribution is -0.385. The molecule has 0 atom stereocenters. The molecule has 0 bridgehead atoms. The molecule has 16 heteroatoms. The summed E-state index contributed by atoms with van der Waals surface area (Å²) in [4.78, 5) is 36.6. The fraction of sp³-hybridized carbons (Fsp3) is 0.556. The fourth-order valence-corrected chi connectivity index (χ4v) is 4.65. The number of anilines is 1. The molecule has 34 heavy (non-hydrogen) atoms. The molecule has 1 amide bonds. The molecule has 0 heterocycles. The lowest BCUT2D eigenvalue weighted by atomic mass is 10.1. The van der Waals surface area contributed by atoms with E-state index in [0.717, 1.165) is 29.5 Å². The number of aliphatic carboxylic acids is 1. The number of carboxylic acid groups (broad SMARTS) is 1. The number of hydrogen-bond donors (Lipinski definition) is 1. The number of rotatable bonds is 14. The summed E-state index contributed by atoms with van der Waals surface area (Å²) in [7, 11) is -6.43. The third-order valence-electron chi connectivity index (χ3n) is 4.49. The molecule has 1 N–H and O–H groups in total. The predicted octanol–water partition coefficient (Wildman–Crippen LogP) is 1.11. The summed E-state index contributed by atoms with van der Waals surface area (Å²) in [6.45, 7) is -0.264. The van der Waals surface area contributed by atoms with E-state index in [1.165, 1.54) is 11.9 Å². The van der Waals surface area contributed by atoms with Crippen LogP contribution in [0.1, 0.15) is 23.2 Å². The molecule has 1 aromatic rings. The van der Waals surface area contributed by atoms with Crippen LogP contribution in [-0.2, 0) is 28.9 Å². The number of sulfone groups is 1. The van der Waals surface area contributed by atoms with Crippen LogP contribution in [0, 0.1) is 10.1 Å². The van der Waals surface area contributed by atoms with Crippen molar-refractivity contribution in [3.63, 3.8) is 0 Å². The van der Waals surface area contributed by atoms with Crippen LogP contribution in [0.5, 0.6) is 0 Å². The molecule has 0 saturated heterocycles. The van der Waals surface area contributed by atoms with Crippen LogP contribution in [-0.4, -0.2) is 94.8 Å². The van der Waals surface area contributed by atoms with E-state index < -0.39 is 52.9 Å². The highest BCUT2D eigenvalue weighted by molar-refractivity contribution is 9.09. The van der Waals surface area contributed by atoms with Gasteiger partial charge in [-0.1, -0.05) is 15.9 Å². The van der Waals surface area contributed by atoms with Gasteiger partial charge in [-0.05, 0) is 12.5 Å². The first-order valence-electron chi connectivity index (χ1n) is 9.73. The zero-order chi connectivity index (χ0) is 26.3. The maximum absolute atomic E-state index is 13.0. The van der Waals surface area contributed by atoms with E-state index in [2.05, 4.69) is 15.9 Å². The lowest BCUT2D eigenvalue weighted by Gasteiger charge is -2.27. The molecule has 0 fully saturated rings. The van der Waals surface area contributed by atoms with Gasteiger partial charge < -0.3 is 14.9 Å². The number of alkyl halides is 1. The molecule has 192 valence electrons. The molecule has 0 aliphatic rings. The van der Waals surface area contributed by atoms with Crippen molar-refractivity contribution in [3.05, 3.63) is 27.8 Å². The van der Waals surface area contributed by atoms with Crippen molar-refractivity contribution in [2.45, 2.75) is 17.7 Å². The molecule has 0 spiro atoms. The van der Waals surface area contributed by atoms with E-state index in [4.69, 9.17) is 9.29 Å². The Morgan fingerprint density at radius 3 is 2.24 bits per heavy atom. The minimum Gasteiger partial charge on any atom is -0.481 e. The molecule has 1 aromatic carbocycles. The molecule has 13 nitrogen and oxygen atoms in total. The Hall–Kier alpha value is -2.30. The second-order valence-corrected chi connectivity index (χ2v) is 11.7. The Morgan fingerprint density at radius 2 is 1.76 bits per heavy atom. The number of carboxylic acids is 1.